The minimum atomic E-state index is -0.418. The first-order chi connectivity index (χ1) is 14.6. The van der Waals surface area contributed by atoms with Crippen LogP contribution in [0.25, 0.3) is 10.2 Å². The lowest BCUT2D eigenvalue weighted by molar-refractivity contribution is 0.0490. The maximum Gasteiger partial charge on any atom is 0.348 e. The molecule has 0 amide bonds. The third kappa shape index (κ3) is 3.54. The Morgan fingerprint density at radius 1 is 1.20 bits per heavy atom. The third-order valence-corrected chi connectivity index (χ3v) is 7.24. The van der Waals surface area contributed by atoms with Gasteiger partial charge in [0.25, 0.3) is 5.56 Å². The average molecular weight is 432 g/mol. The molecule has 2 aliphatic carbocycles. The van der Waals surface area contributed by atoms with Crippen LogP contribution in [0, 0.1) is 11.8 Å². The number of thiophene rings is 1. The molecule has 2 aromatic heterocycles. The number of ether oxygens (including phenoxy) is 2. The van der Waals surface area contributed by atoms with Crippen molar-refractivity contribution in [3.05, 3.63) is 31.3 Å². The number of nitrogens with zero attached hydrogens (tertiary/aromatic N) is 3. The van der Waals surface area contributed by atoms with Crippen LogP contribution in [0.5, 0.6) is 0 Å². The van der Waals surface area contributed by atoms with Crippen molar-refractivity contribution in [1.82, 2.24) is 9.13 Å². The van der Waals surface area contributed by atoms with E-state index in [9.17, 15) is 14.4 Å². The largest absolute Gasteiger partial charge is 0.461 e. The summed E-state index contributed by atoms with van der Waals surface area (Å²) < 4.78 is 13.6. The molecule has 30 heavy (non-hydrogen) atoms. The molecular weight excluding hydrogens is 406 g/mol. The van der Waals surface area contributed by atoms with Gasteiger partial charge in [-0.05, 0) is 37.5 Å². The van der Waals surface area contributed by atoms with Crippen LogP contribution < -0.4 is 11.2 Å². The van der Waals surface area contributed by atoms with Gasteiger partial charge in [-0.1, -0.05) is 0 Å². The van der Waals surface area contributed by atoms with E-state index in [0.29, 0.717) is 65.2 Å². The molecule has 1 aliphatic heterocycles. The van der Waals surface area contributed by atoms with Crippen LogP contribution in [0.3, 0.4) is 0 Å². The zero-order valence-corrected chi connectivity index (χ0v) is 17.8. The maximum absolute atomic E-state index is 13.4. The molecule has 5 rings (SSSR count). The monoisotopic (exact) mass is 431 g/mol. The first-order valence-corrected chi connectivity index (χ1v) is 11.4. The minimum absolute atomic E-state index is 0.238. The number of esters is 1. The molecule has 160 valence electrons. The zero-order valence-electron chi connectivity index (χ0n) is 17.0. The molecule has 0 aromatic carbocycles. The Balaban J connectivity index is 1.68. The molecule has 0 radical (unpaired) electrons. The number of carbonyl (C=O) groups excluding carboxylic acids is 1. The highest BCUT2D eigenvalue weighted by atomic mass is 32.1. The summed E-state index contributed by atoms with van der Waals surface area (Å²) in [6.45, 7) is 1.49. The second kappa shape index (κ2) is 7.77. The molecular formula is C21H25N3O5S. The zero-order chi connectivity index (χ0) is 20.8. The number of aliphatic imine (C=N–C) groups is 1. The molecule has 0 spiro atoms. The van der Waals surface area contributed by atoms with Crippen molar-refractivity contribution in [2.24, 2.45) is 16.8 Å². The van der Waals surface area contributed by atoms with Crippen molar-refractivity contribution in [3.63, 3.8) is 0 Å². The average Bonchev–Trinajstić information content (AvgIpc) is 3.61. The van der Waals surface area contributed by atoms with Gasteiger partial charge in [0, 0.05) is 31.9 Å². The van der Waals surface area contributed by atoms with Crippen molar-refractivity contribution >= 4 is 33.7 Å². The van der Waals surface area contributed by atoms with Gasteiger partial charge in [-0.25, -0.2) is 9.59 Å². The van der Waals surface area contributed by atoms with Crippen molar-refractivity contribution in [2.45, 2.75) is 51.2 Å². The summed E-state index contributed by atoms with van der Waals surface area (Å²) in [5, 5.41) is 0.441. The summed E-state index contributed by atoms with van der Waals surface area (Å²) in [4.78, 5) is 44.8. The summed E-state index contributed by atoms with van der Waals surface area (Å²) in [7, 11) is 1.58. The lowest BCUT2D eigenvalue weighted by atomic mass is 9.99. The smallest absolute Gasteiger partial charge is 0.348 e. The minimum Gasteiger partial charge on any atom is -0.461 e. The van der Waals surface area contributed by atoms with Crippen LogP contribution in [-0.2, 0) is 22.6 Å². The number of fused-ring (bicyclic) bond motifs is 1. The van der Waals surface area contributed by atoms with Gasteiger partial charge in [-0.3, -0.25) is 18.9 Å². The fraction of sp³-hybridized carbons (Fsp3) is 0.619. The molecule has 0 saturated heterocycles. The van der Waals surface area contributed by atoms with Gasteiger partial charge >= 0.3 is 11.7 Å². The summed E-state index contributed by atoms with van der Waals surface area (Å²) in [6, 6.07) is -0.238. The Kier molecular flexibility index (Phi) is 5.10. The van der Waals surface area contributed by atoms with Gasteiger partial charge in [0.2, 0.25) is 0 Å². The van der Waals surface area contributed by atoms with E-state index in [1.165, 1.54) is 15.9 Å². The van der Waals surface area contributed by atoms with Gasteiger partial charge in [0.15, 0.2) is 0 Å². The standard InChI is InChI=1S/C21H25N3O5S/c1-28-9-8-23-19-16(18(25)24(21(23)27)10-12-2-3-12)15(14-6-7-22-14)17(30-19)20(26)29-11-13-4-5-13/h7,12-14H,2-6,8-11H2,1H3. The highest BCUT2D eigenvalue weighted by Gasteiger charge is 2.33. The molecule has 3 aliphatic rings. The van der Waals surface area contributed by atoms with E-state index in [0.717, 1.165) is 25.7 Å². The van der Waals surface area contributed by atoms with Gasteiger partial charge in [-0.2, -0.15) is 0 Å². The van der Waals surface area contributed by atoms with E-state index in [1.54, 1.807) is 17.9 Å². The lowest BCUT2D eigenvalue weighted by Gasteiger charge is -2.18. The Morgan fingerprint density at radius 2 is 1.93 bits per heavy atom. The summed E-state index contributed by atoms with van der Waals surface area (Å²) in [5.74, 6) is 0.402. The number of methoxy groups -OCH3 is 1. The fourth-order valence-electron chi connectivity index (χ4n) is 3.80. The number of aromatic nitrogens is 2. The quantitative estimate of drug-likeness (QED) is 0.569. The van der Waals surface area contributed by atoms with Crippen molar-refractivity contribution in [3.8, 4) is 0 Å². The van der Waals surface area contributed by atoms with E-state index in [-0.39, 0.29) is 17.3 Å². The Bertz CT molecular complexity index is 1140. The molecule has 1 unspecified atom stereocenters. The highest BCUT2D eigenvalue weighted by molar-refractivity contribution is 7.20. The second-order valence-corrected chi connectivity index (χ2v) is 9.44. The highest BCUT2D eigenvalue weighted by Crippen LogP contribution is 2.39. The van der Waals surface area contributed by atoms with E-state index in [2.05, 4.69) is 4.99 Å². The molecule has 2 saturated carbocycles. The van der Waals surface area contributed by atoms with Crippen LogP contribution in [0.1, 0.15) is 53.4 Å². The first kappa shape index (κ1) is 19.7. The van der Waals surface area contributed by atoms with Gasteiger partial charge in [-0.15, -0.1) is 11.3 Å². The van der Waals surface area contributed by atoms with E-state index >= 15 is 0 Å². The Hall–Kier alpha value is -2.26. The number of hydrogen-bond donors (Lipinski definition) is 0. The summed E-state index contributed by atoms with van der Waals surface area (Å²) in [6.07, 6.45) is 6.70. The predicted octanol–water partition coefficient (Wildman–Crippen LogP) is 2.36. The van der Waals surface area contributed by atoms with Crippen molar-refractivity contribution < 1.29 is 14.3 Å². The first-order valence-electron chi connectivity index (χ1n) is 10.6. The number of rotatable bonds is 9. The van der Waals surface area contributed by atoms with Crippen molar-refractivity contribution in [1.29, 1.82) is 0 Å². The van der Waals surface area contributed by atoms with Gasteiger partial charge < -0.3 is 9.47 Å². The Morgan fingerprint density at radius 3 is 2.53 bits per heavy atom. The van der Waals surface area contributed by atoms with Crippen LogP contribution >= 0.6 is 11.3 Å². The third-order valence-electron chi connectivity index (χ3n) is 6.03. The van der Waals surface area contributed by atoms with Gasteiger partial charge in [0.05, 0.1) is 31.2 Å². The van der Waals surface area contributed by atoms with Crippen LogP contribution in [-0.4, -0.2) is 41.6 Å². The molecule has 0 bridgehead atoms. The van der Waals surface area contributed by atoms with Gasteiger partial charge in [0.1, 0.15) is 9.71 Å². The molecule has 1 atom stereocenters. The molecule has 9 heteroatoms. The number of carbonyl (C=O) groups is 1. The molecule has 3 heterocycles. The molecule has 2 fully saturated rings. The number of hydrogen-bond acceptors (Lipinski definition) is 7. The van der Waals surface area contributed by atoms with E-state index < -0.39 is 5.97 Å². The van der Waals surface area contributed by atoms with Crippen molar-refractivity contribution in [2.75, 3.05) is 20.3 Å². The SMILES string of the molecule is COCCn1c(=O)n(CC2CC2)c(=O)c2c(C3CC=N3)c(C(=O)OCC3CC3)sc21. The second-order valence-electron chi connectivity index (χ2n) is 8.44. The van der Waals surface area contributed by atoms with Crippen LogP contribution in [0.2, 0.25) is 0 Å². The summed E-state index contributed by atoms with van der Waals surface area (Å²) >= 11 is 1.18. The fourth-order valence-corrected chi connectivity index (χ4v) is 5.06. The van der Waals surface area contributed by atoms with E-state index in [4.69, 9.17) is 9.47 Å². The summed E-state index contributed by atoms with van der Waals surface area (Å²) in [5.41, 5.74) is -0.0246. The van der Waals surface area contributed by atoms with Crippen LogP contribution in [0.15, 0.2) is 14.6 Å². The van der Waals surface area contributed by atoms with E-state index in [1.807, 2.05) is 0 Å². The topological polar surface area (TPSA) is 91.9 Å². The maximum atomic E-state index is 13.4. The Labute approximate surface area is 177 Å². The molecule has 8 nitrogen and oxygen atoms in total. The van der Waals surface area contributed by atoms with Crippen LogP contribution in [0.4, 0.5) is 0 Å². The normalized spacial score (nSPS) is 20.5. The molecule has 0 N–H and O–H groups in total. The predicted molar refractivity (Wildman–Crippen MR) is 114 cm³/mol. The lowest BCUT2D eigenvalue weighted by Crippen LogP contribution is -2.41. The molecule has 2 aromatic rings.